The maximum atomic E-state index is 6.32. The van der Waals surface area contributed by atoms with Crippen LogP contribution in [0.2, 0.25) is 20.1 Å². The topological polar surface area (TPSA) is 6.02 Å². The minimum Gasteiger partial charge on any atom is -0.200 e. The maximum absolute atomic E-state index is 6.32. The van der Waals surface area contributed by atoms with E-state index in [2.05, 4.69) is 23.0 Å². The molecule has 0 aliphatic rings. The van der Waals surface area contributed by atoms with E-state index in [9.17, 15) is 0 Å². The van der Waals surface area contributed by atoms with Gasteiger partial charge in [-0.25, -0.2) is 9.15 Å². The van der Waals surface area contributed by atoms with Crippen LogP contribution in [0, 0.1) is 0 Å². The van der Waals surface area contributed by atoms with Crippen LogP contribution >= 0.6 is 46.4 Å². The van der Waals surface area contributed by atoms with Crippen LogP contribution < -0.4 is 0 Å². The fraction of sp³-hybridized carbons (Fsp3) is 0.333. The van der Waals surface area contributed by atoms with E-state index in [1.54, 1.807) is 0 Å². The minimum atomic E-state index is 0.653. The molecule has 0 aliphatic carbocycles. The van der Waals surface area contributed by atoms with Crippen molar-refractivity contribution in [3.05, 3.63) is 56.5 Å². The number of nitrogens with zero attached hydrogens (tertiary/aromatic N) is 2. The van der Waals surface area contributed by atoms with Gasteiger partial charge in [0.1, 0.15) is 34.2 Å². The first-order chi connectivity index (χ1) is 12.7. The zero-order chi connectivity index (χ0) is 20.1. The van der Waals surface area contributed by atoms with Crippen molar-refractivity contribution in [3.63, 3.8) is 0 Å². The third kappa shape index (κ3) is 5.48. The van der Waals surface area contributed by atoms with Crippen LogP contribution in [0.3, 0.4) is 0 Å². The van der Waals surface area contributed by atoms with Gasteiger partial charge in [0.25, 0.3) is 0 Å². The van der Waals surface area contributed by atoms with Gasteiger partial charge in [-0.2, -0.15) is 0 Å². The lowest BCUT2D eigenvalue weighted by Crippen LogP contribution is -2.13. The van der Waals surface area contributed by atoms with Crippen LogP contribution in [0.15, 0.2) is 36.4 Å². The van der Waals surface area contributed by atoms with E-state index in [1.165, 1.54) is 11.4 Å². The Bertz CT molecular complexity index is 787. The molecule has 0 aliphatic heterocycles. The maximum Gasteiger partial charge on any atom is 0.242 e. The Hall–Kier alpha value is -1.06. The molecule has 0 aromatic heterocycles. The van der Waals surface area contributed by atoms with Crippen molar-refractivity contribution < 1.29 is 9.15 Å². The van der Waals surface area contributed by atoms with Crippen molar-refractivity contribution in [1.82, 2.24) is 0 Å². The molecule has 0 heterocycles. The van der Waals surface area contributed by atoms with Gasteiger partial charge in [0, 0.05) is 26.7 Å². The number of hydrogen-bond donors (Lipinski definition) is 0. The molecule has 0 unspecified atom stereocenters. The summed E-state index contributed by atoms with van der Waals surface area (Å²) in [6.45, 7) is 4.20. The van der Waals surface area contributed by atoms with E-state index in [0.717, 1.165) is 30.6 Å². The lowest BCUT2D eigenvalue weighted by Gasteiger charge is -2.07. The van der Waals surface area contributed by atoms with Gasteiger partial charge in [-0.05, 0) is 30.7 Å². The molecule has 0 atom stereocenters. The summed E-state index contributed by atoms with van der Waals surface area (Å²) in [7, 11) is 3.99. The van der Waals surface area contributed by atoms with Crippen molar-refractivity contribution in [2.24, 2.45) is 0 Å². The third-order valence-electron chi connectivity index (χ3n) is 4.77. The molecule has 0 saturated carbocycles. The molecule has 0 N–H and O–H groups in total. The number of hydrogen-bond acceptors (Lipinski definition) is 0. The average molecular weight is 446 g/mol. The first-order valence-corrected chi connectivity index (χ1v) is 10.3. The molecule has 2 aromatic carbocycles. The first kappa shape index (κ1) is 22.2. The first-order valence-electron chi connectivity index (χ1n) is 8.74. The zero-order valence-electron chi connectivity index (χ0n) is 16.0. The van der Waals surface area contributed by atoms with Crippen molar-refractivity contribution in [3.8, 4) is 0 Å². The van der Waals surface area contributed by atoms with Crippen LogP contribution in [0.5, 0.6) is 0 Å². The molecular weight excluding hydrogens is 422 g/mol. The van der Waals surface area contributed by atoms with Gasteiger partial charge in [-0.3, -0.25) is 0 Å². The normalized spacial score (nSPS) is 13.3. The molecule has 0 bridgehead atoms. The van der Waals surface area contributed by atoms with Crippen LogP contribution in [0.1, 0.15) is 33.1 Å². The van der Waals surface area contributed by atoms with E-state index < -0.39 is 0 Å². The fourth-order valence-corrected chi connectivity index (χ4v) is 4.24. The van der Waals surface area contributed by atoms with E-state index in [1.807, 2.05) is 50.5 Å². The minimum absolute atomic E-state index is 0.653. The summed E-state index contributed by atoms with van der Waals surface area (Å²) < 4.78 is 4.13. The predicted molar refractivity (Wildman–Crippen MR) is 120 cm³/mol. The summed E-state index contributed by atoms with van der Waals surface area (Å²) in [5.74, 6) is 0. The Morgan fingerprint density at radius 2 is 0.963 bits per heavy atom. The zero-order valence-corrected chi connectivity index (χ0v) is 19.0. The SMILES string of the molecule is CC(CCCC(C)=[N+](C)c1c(Cl)cccc1Cl)=[N+](C)c1c(Cl)cccc1Cl. The lowest BCUT2D eigenvalue weighted by molar-refractivity contribution is -0.407. The molecule has 144 valence electrons. The van der Waals surface area contributed by atoms with Gasteiger partial charge in [-0.15, -0.1) is 0 Å². The number of para-hydroxylation sites is 2. The highest BCUT2D eigenvalue weighted by molar-refractivity contribution is 6.38. The van der Waals surface area contributed by atoms with Crippen LogP contribution in [-0.2, 0) is 0 Å². The average Bonchev–Trinajstić information content (AvgIpc) is 2.60. The molecule has 27 heavy (non-hydrogen) atoms. The van der Waals surface area contributed by atoms with E-state index >= 15 is 0 Å². The quantitative estimate of drug-likeness (QED) is 0.318. The molecule has 0 saturated heterocycles. The molecule has 2 aromatic rings. The largest absolute Gasteiger partial charge is 0.242 e. The van der Waals surface area contributed by atoms with E-state index in [-0.39, 0.29) is 0 Å². The van der Waals surface area contributed by atoms with E-state index in [4.69, 9.17) is 46.4 Å². The third-order valence-corrected chi connectivity index (χ3v) is 5.99. The van der Waals surface area contributed by atoms with Crippen molar-refractivity contribution in [1.29, 1.82) is 0 Å². The molecule has 2 nitrogen and oxygen atoms in total. The highest BCUT2D eigenvalue weighted by Gasteiger charge is 2.19. The predicted octanol–water partition coefficient (Wildman–Crippen LogP) is 7.64. The Kier molecular flexibility index (Phi) is 8.18. The molecular formula is C21H24Cl4N2+2. The van der Waals surface area contributed by atoms with Crippen LogP contribution in [-0.4, -0.2) is 34.7 Å². The molecule has 0 radical (unpaired) electrons. The lowest BCUT2D eigenvalue weighted by atomic mass is 10.1. The number of rotatable bonds is 6. The Balaban J connectivity index is 2.13. The fourth-order valence-electron chi connectivity index (χ4n) is 2.94. The summed E-state index contributed by atoms with van der Waals surface area (Å²) in [5.41, 5.74) is 4.10. The van der Waals surface area contributed by atoms with Crippen molar-refractivity contribution in [2.45, 2.75) is 33.1 Å². The summed E-state index contributed by atoms with van der Waals surface area (Å²) in [5, 5.41) is 2.61. The molecule has 6 heteroatoms. The smallest absolute Gasteiger partial charge is 0.200 e. The second-order valence-corrected chi connectivity index (χ2v) is 8.21. The number of benzene rings is 2. The van der Waals surface area contributed by atoms with Crippen molar-refractivity contribution in [2.75, 3.05) is 14.1 Å². The Morgan fingerprint density at radius 3 is 1.26 bits per heavy atom. The Labute approximate surface area is 181 Å². The highest BCUT2D eigenvalue weighted by Crippen LogP contribution is 2.33. The summed E-state index contributed by atoms with van der Waals surface area (Å²) >= 11 is 25.3. The second-order valence-electron chi connectivity index (χ2n) is 6.58. The van der Waals surface area contributed by atoms with Gasteiger partial charge in [0.15, 0.2) is 11.4 Å². The molecule has 0 fully saturated rings. The Morgan fingerprint density at radius 1 is 0.667 bits per heavy atom. The molecule has 2 rings (SSSR count). The van der Waals surface area contributed by atoms with Gasteiger partial charge >= 0.3 is 0 Å². The van der Waals surface area contributed by atoms with Gasteiger partial charge in [0.05, 0.1) is 0 Å². The van der Waals surface area contributed by atoms with Crippen LogP contribution in [0.4, 0.5) is 11.4 Å². The summed E-state index contributed by atoms with van der Waals surface area (Å²) in [4.78, 5) is 0. The monoisotopic (exact) mass is 444 g/mol. The van der Waals surface area contributed by atoms with Gasteiger partial charge in [0.2, 0.25) is 11.4 Å². The van der Waals surface area contributed by atoms with Crippen LogP contribution in [0.25, 0.3) is 0 Å². The second kappa shape index (κ2) is 9.93. The van der Waals surface area contributed by atoms with Gasteiger partial charge in [-0.1, -0.05) is 58.5 Å². The van der Waals surface area contributed by atoms with Crippen molar-refractivity contribution >= 4 is 69.2 Å². The standard InChI is InChI=1S/C21H24Cl4N2/c1-14(26(3)20-16(22)10-6-11-17(20)23)8-5-9-15(2)27(4)21-18(24)12-7-13-19(21)25/h6-7,10-13H,5,8-9H2,1-4H3/q+2. The van der Waals surface area contributed by atoms with Gasteiger partial charge < -0.3 is 0 Å². The summed E-state index contributed by atoms with van der Waals surface area (Å²) in [6.07, 6.45) is 2.86. The molecule has 0 amide bonds. The highest BCUT2D eigenvalue weighted by atomic mass is 35.5. The summed E-state index contributed by atoms with van der Waals surface area (Å²) in [6, 6.07) is 11.1. The number of halogens is 4. The van der Waals surface area contributed by atoms with E-state index in [0.29, 0.717) is 20.1 Å². The molecule has 0 spiro atoms.